The van der Waals surface area contributed by atoms with Gasteiger partial charge in [0.2, 0.25) is 0 Å². The van der Waals surface area contributed by atoms with Gasteiger partial charge in [0.15, 0.2) is 0 Å². The Morgan fingerprint density at radius 3 is 2.31 bits per heavy atom. The quantitative estimate of drug-likeness (QED) is 0.776. The highest BCUT2D eigenvalue weighted by atomic mass is 16.5. The van der Waals surface area contributed by atoms with Gasteiger partial charge in [-0.05, 0) is 30.0 Å². The van der Waals surface area contributed by atoms with E-state index >= 15 is 0 Å². The minimum atomic E-state index is -0.0385. The first-order chi connectivity index (χ1) is 7.47. The molecule has 1 rings (SSSR count). The highest BCUT2D eigenvalue weighted by Crippen LogP contribution is 2.30. The second-order valence-corrected chi connectivity index (χ2v) is 4.49. The molecule has 0 aliphatic rings. The Kier molecular flexibility index (Phi) is 4.11. The first kappa shape index (κ1) is 12.8. The molecule has 0 radical (unpaired) electrons. The summed E-state index contributed by atoms with van der Waals surface area (Å²) in [5.41, 5.74) is 2.23. The van der Waals surface area contributed by atoms with Crippen LogP contribution in [0, 0.1) is 0 Å². The third kappa shape index (κ3) is 2.63. The van der Waals surface area contributed by atoms with Crippen molar-refractivity contribution in [2.24, 2.45) is 0 Å². The minimum Gasteiger partial charge on any atom is -0.496 e. The third-order valence-corrected chi connectivity index (χ3v) is 2.99. The van der Waals surface area contributed by atoms with Crippen LogP contribution in [0.2, 0.25) is 0 Å². The van der Waals surface area contributed by atoms with Crippen LogP contribution >= 0.6 is 0 Å². The molecule has 0 aliphatic heterocycles. The van der Waals surface area contributed by atoms with Crippen molar-refractivity contribution in [2.45, 2.75) is 39.5 Å². The van der Waals surface area contributed by atoms with Crippen LogP contribution in [-0.4, -0.2) is 12.9 Å². The lowest BCUT2D eigenvalue weighted by Crippen LogP contribution is -2.05. The van der Waals surface area contributed by atoms with Gasteiger partial charge in [-0.3, -0.25) is 4.79 Å². The summed E-state index contributed by atoms with van der Waals surface area (Å²) in [7, 11) is 1.68. The fourth-order valence-corrected chi connectivity index (χ4v) is 1.71. The zero-order valence-electron chi connectivity index (χ0n) is 10.7. The van der Waals surface area contributed by atoms with E-state index in [1.165, 1.54) is 0 Å². The summed E-state index contributed by atoms with van der Waals surface area (Å²) < 4.78 is 5.32. The van der Waals surface area contributed by atoms with Gasteiger partial charge in [0.25, 0.3) is 0 Å². The summed E-state index contributed by atoms with van der Waals surface area (Å²) in [4.78, 5) is 11.3. The molecule has 0 saturated heterocycles. The molecule has 16 heavy (non-hydrogen) atoms. The van der Waals surface area contributed by atoms with Gasteiger partial charge in [-0.2, -0.15) is 0 Å². The van der Waals surface area contributed by atoms with Crippen molar-refractivity contribution in [3.63, 3.8) is 0 Å². The van der Waals surface area contributed by atoms with Gasteiger partial charge in [-0.15, -0.1) is 0 Å². The summed E-state index contributed by atoms with van der Waals surface area (Å²) in [6, 6.07) is 6.00. The molecule has 0 aliphatic carbocycles. The molecule has 2 heteroatoms. The first-order valence-corrected chi connectivity index (χ1v) is 5.65. The monoisotopic (exact) mass is 220 g/mol. The van der Waals surface area contributed by atoms with Gasteiger partial charge >= 0.3 is 0 Å². The Hall–Kier alpha value is -1.31. The molecule has 88 valence electrons. The average Bonchev–Trinajstić information content (AvgIpc) is 2.26. The Balaban J connectivity index is 3.16. The van der Waals surface area contributed by atoms with Crippen molar-refractivity contribution in [3.05, 3.63) is 29.3 Å². The van der Waals surface area contributed by atoms with Crippen LogP contribution in [0.4, 0.5) is 0 Å². The molecule has 0 N–H and O–H groups in total. The summed E-state index contributed by atoms with van der Waals surface area (Å²) in [6.07, 6.45) is 0. The second-order valence-electron chi connectivity index (χ2n) is 4.49. The maximum absolute atomic E-state index is 11.3. The van der Waals surface area contributed by atoms with Crippen LogP contribution in [0.15, 0.2) is 18.2 Å². The van der Waals surface area contributed by atoms with Gasteiger partial charge in [-0.1, -0.05) is 32.9 Å². The predicted molar refractivity (Wildman–Crippen MR) is 66.2 cm³/mol. The Morgan fingerprint density at radius 2 is 1.88 bits per heavy atom. The maximum Gasteiger partial charge on any atom is 0.136 e. The van der Waals surface area contributed by atoms with Gasteiger partial charge in [0, 0.05) is 5.92 Å². The number of Topliss-reactive ketones (excluding diaryl/α,β-unsaturated/α-hetero) is 1. The number of ether oxygens (including phenoxy) is 1. The number of rotatable bonds is 4. The molecular weight excluding hydrogens is 200 g/mol. The summed E-state index contributed by atoms with van der Waals surface area (Å²) in [5.74, 6) is 1.45. The zero-order chi connectivity index (χ0) is 12.3. The van der Waals surface area contributed by atoms with E-state index in [1.54, 1.807) is 14.0 Å². The molecule has 0 aromatic heterocycles. The van der Waals surface area contributed by atoms with Gasteiger partial charge < -0.3 is 4.74 Å². The first-order valence-electron chi connectivity index (χ1n) is 5.65. The number of hydrogen-bond donors (Lipinski definition) is 0. The van der Waals surface area contributed by atoms with E-state index in [4.69, 9.17) is 4.74 Å². The number of carbonyl (C=O) groups excluding carboxylic acids is 1. The lowest BCUT2D eigenvalue weighted by molar-refractivity contribution is -0.118. The lowest BCUT2D eigenvalue weighted by Gasteiger charge is -2.15. The molecule has 0 bridgehead atoms. The Bertz CT molecular complexity index is 380. The van der Waals surface area contributed by atoms with Crippen molar-refractivity contribution in [1.29, 1.82) is 0 Å². The van der Waals surface area contributed by atoms with Crippen LogP contribution in [0.25, 0.3) is 0 Å². The Labute approximate surface area is 97.6 Å². The van der Waals surface area contributed by atoms with Gasteiger partial charge in [0.1, 0.15) is 11.5 Å². The van der Waals surface area contributed by atoms with Crippen LogP contribution in [0.3, 0.4) is 0 Å². The molecule has 1 unspecified atom stereocenters. The number of carbonyl (C=O) groups is 1. The van der Waals surface area contributed by atoms with E-state index in [0.717, 1.165) is 16.9 Å². The van der Waals surface area contributed by atoms with Crippen molar-refractivity contribution in [1.82, 2.24) is 0 Å². The standard InChI is InChI=1S/C14H20O2/c1-9(2)13-8-12(10(3)11(4)15)6-7-14(13)16-5/h6-10H,1-5H3. The Morgan fingerprint density at radius 1 is 1.25 bits per heavy atom. The number of ketones is 1. The normalized spacial score (nSPS) is 12.6. The molecule has 1 aromatic rings. The molecule has 0 amide bonds. The highest BCUT2D eigenvalue weighted by Gasteiger charge is 2.14. The molecule has 0 spiro atoms. The number of benzene rings is 1. The van der Waals surface area contributed by atoms with E-state index in [-0.39, 0.29) is 11.7 Å². The SMILES string of the molecule is COc1ccc(C(C)C(C)=O)cc1C(C)C. The highest BCUT2D eigenvalue weighted by molar-refractivity contribution is 5.83. The summed E-state index contributed by atoms with van der Waals surface area (Å²) >= 11 is 0. The van der Waals surface area contributed by atoms with Crippen molar-refractivity contribution in [3.8, 4) is 5.75 Å². The largest absolute Gasteiger partial charge is 0.496 e. The van der Waals surface area contributed by atoms with E-state index in [9.17, 15) is 4.79 Å². The molecule has 0 fully saturated rings. The van der Waals surface area contributed by atoms with E-state index in [2.05, 4.69) is 19.9 Å². The zero-order valence-corrected chi connectivity index (χ0v) is 10.7. The third-order valence-electron chi connectivity index (χ3n) is 2.99. The van der Waals surface area contributed by atoms with Gasteiger partial charge in [0.05, 0.1) is 7.11 Å². The smallest absolute Gasteiger partial charge is 0.136 e. The second kappa shape index (κ2) is 5.15. The van der Waals surface area contributed by atoms with Crippen LogP contribution in [0.1, 0.15) is 50.7 Å². The van der Waals surface area contributed by atoms with E-state index < -0.39 is 0 Å². The van der Waals surface area contributed by atoms with Gasteiger partial charge in [-0.25, -0.2) is 0 Å². The molecular formula is C14H20O2. The summed E-state index contributed by atoms with van der Waals surface area (Å²) in [6.45, 7) is 7.82. The molecule has 1 atom stereocenters. The summed E-state index contributed by atoms with van der Waals surface area (Å²) in [5, 5.41) is 0. The number of hydrogen-bond acceptors (Lipinski definition) is 2. The maximum atomic E-state index is 11.3. The predicted octanol–water partition coefficient (Wildman–Crippen LogP) is 3.51. The molecule has 2 nitrogen and oxygen atoms in total. The van der Waals surface area contributed by atoms with Crippen molar-refractivity contribution < 1.29 is 9.53 Å². The topological polar surface area (TPSA) is 26.3 Å². The van der Waals surface area contributed by atoms with Crippen LogP contribution in [-0.2, 0) is 4.79 Å². The average molecular weight is 220 g/mol. The molecule has 0 saturated carbocycles. The lowest BCUT2D eigenvalue weighted by atomic mass is 9.92. The van der Waals surface area contributed by atoms with Crippen molar-refractivity contribution in [2.75, 3.05) is 7.11 Å². The fourth-order valence-electron chi connectivity index (χ4n) is 1.71. The minimum absolute atomic E-state index is 0.0385. The van der Waals surface area contributed by atoms with Crippen LogP contribution < -0.4 is 4.74 Å². The van der Waals surface area contributed by atoms with Crippen molar-refractivity contribution >= 4 is 5.78 Å². The molecule has 1 aromatic carbocycles. The molecule has 0 heterocycles. The number of methoxy groups -OCH3 is 1. The van der Waals surface area contributed by atoms with Crippen LogP contribution in [0.5, 0.6) is 5.75 Å². The van der Waals surface area contributed by atoms with E-state index in [1.807, 2.05) is 19.1 Å². The fraction of sp³-hybridized carbons (Fsp3) is 0.500. The van der Waals surface area contributed by atoms with E-state index in [0.29, 0.717) is 5.92 Å².